The first-order chi connectivity index (χ1) is 17.8. The average Bonchev–Trinajstić information content (AvgIpc) is 3.43. The Morgan fingerprint density at radius 3 is 2.89 bits per heavy atom. The molecule has 0 amide bonds. The summed E-state index contributed by atoms with van der Waals surface area (Å²) in [6, 6.07) is 11.7. The van der Waals surface area contributed by atoms with E-state index in [1.165, 1.54) is 25.9 Å². The Bertz CT molecular complexity index is 1170. The lowest BCUT2D eigenvalue weighted by Gasteiger charge is -2.16. The second kappa shape index (κ2) is 12.5. The van der Waals surface area contributed by atoms with Gasteiger partial charge in [0.25, 0.3) is 0 Å². The number of hydrogen-bond donors (Lipinski definition) is 1. The minimum atomic E-state index is 0. The fourth-order valence-corrected chi connectivity index (χ4v) is 4.40. The summed E-state index contributed by atoms with van der Waals surface area (Å²) in [5.74, 6) is 1.95. The van der Waals surface area contributed by atoms with Gasteiger partial charge in [-0.3, -0.25) is 0 Å². The number of ether oxygens (including phenoxy) is 3. The molecule has 6 bridgehead atoms. The molecule has 1 N–H and O–H groups in total. The van der Waals surface area contributed by atoms with E-state index in [9.17, 15) is 0 Å². The van der Waals surface area contributed by atoms with Crippen LogP contribution in [0.1, 0.15) is 32.7 Å². The summed E-state index contributed by atoms with van der Waals surface area (Å²) in [4.78, 5) is 15.9. The highest BCUT2D eigenvalue weighted by atomic mass is 16.5. The zero-order valence-electron chi connectivity index (χ0n) is 20.6. The van der Waals surface area contributed by atoms with Crippen LogP contribution in [0.25, 0.3) is 11.3 Å². The Morgan fingerprint density at radius 2 is 1.94 bits per heavy atom. The summed E-state index contributed by atoms with van der Waals surface area (Å²) in [6.07, 6.45) is 12.0. The Kier molecular flexibility index (Phi) is 8.38. The van der Waals surface area contributed by atoms with Crippen LogP contribution in [0, 0.1) is 0 Å². The quantitative estimate of drug-likeness (QED) is 0.385. The van der Waals surface area contributed by atoms with Crippen LogP contribution in [0.4, 0.5) is 11.6 Å². The molecule has 8 heteroatoms. The van der Waals surface area contributed by atoms with Crippen molar-refractivity contribution in [3.05, 3.63) is 66.5 Å². The van der Waals surface area contributed by atoms with Gasteiger partial charge in [0.15, 0.2) is 0 Å². The van der Waals surface area contributed by atoms with E-state index in [4.69, 9.17) is 19.2 Å². The molecule has 190 valence electrons. The molecule has 5 rings (SSSR count). The number of hydrogen-bond acceptors (Lipinski definition) is 8. The minimum Gasteiger partial charge on any atom is -0.493 e. The number of aromatic nitrogens is 3. The maximum absolute atomic E-state index is 6.18. The molecule has 0 aliphatic carbocycles. The second-order valence-electron chi connectivity index (χ2n) is 8.97. The van der Waals surface area contributed by atoms with Crippen molar-refractivity contribution in [1.82, 2.24) is 19.9 Å². The molecule has 1 saturated heterocycles. The largest absolute Gasteiger partial charge is 0.493 e. The van der Waals surface area contributed by atoms with Crippen molar-refractivity contribution in [2.24, 2.45) is 0 Å². The molecular formula is C28H35N5O3. The number of likely N-dealkylation sites (tertiary alicyclic amines) is 1. The molecule has 0 spiro atoms. The van der Waals surface area contributed by atoms with Crippen molar-refractivity contribution in [3.63, 3.8) is 0 Å². The van der Waals surface area contributed by atoms with Crippen LogP contribution in [0.2, 0.25) is 0 Å². The van der Waals surface area contributed by atoms with Crippen LogP contribution in [0.5, 0.6) is 11.6 Å². The van der Waals surface area contributed by atoms with E-state index in [0.29, 0.717) is 38.3 Å². The Balaban J connectivity index is 0.00000320. The first-order valence-corrected chi connectivity index (χ1v) is 12.7. The fraction of sp³-hybridized carbons (Fsp3) is 0.393. The van der Waals surface area contributed by atoms with E-state index >= 15 is 0 Å². The molecule has 2 aromatic heterocycles. The standard InChI is InChI=1S/C28H33N5O3.H2/c1-4-16-34-21-23-19-24(7-8-26(23)35-18-6-15-33-13-2-3-14-33)31-28-30-12-10-25(32-28)22-9-11-29-27(20-22)36-17-5-1;/h1,4,7-12,19-20H,2-3,5-6,13-18,21H2,(H,30,31,32);1H/b4-1-;. The van der Waals surface area contributed by atoms with Gasteiger partial charge in [0.05, 0.1) is 32.1 Å². The molecule has 0 unspecified atom stereocenters. The van der Waals surface area contributed by atoms with Crippen molar-refractivity contribution in [2.45, 2.75) is 32.3 Å². The number of anilines is 2. The highest BCUT2D eigenvalue weighted by Gasteiger charge is 2.12. The Labute approximate surface area is 213 Å². The Morgan fingerprint density at radius 1 is 1.03 bits per heavy atom. The van der Waals surface area contributed by atoms with Crippen molar-refractivity contribution < 1.29 is 15.6 Å². The van der Waals surface area contributed by atoms with Crippen LogP contribution in [0.3, 0.4) is 0 Å². The number of fused-ring (bicyclic) bond motifs is 7. The number of nitrogens with one attached hydrogen (secondary N) is 1. The first-order valence-electron chi connectivity index (χ1n) is 12.7. The van der Waals surface area contributed by atoms with Crippen molar-refractivity contribution in [3.8, 4) is 22.9 Å². The molecule has 0 saturated carbocycles. The van der Waals surface area contributed by atoms with Gasteiger partial charge in [-0.15, -0.1) is 0 Å². The molecule has 1 aromatic carbocycles. The molecule has 4 heterocycles. The summed E-state index contributed by atoms with van der Waals surface area (Å²) in [5.41, 5.74) is 3.59. The molecule has 0 atom stereocenters. The third-order valence-corrected chi connectivity index (χ3v) is 6.25. The van der Waals surface area contributed by atoms with Gasteiger partial charge in [-0.05, 0) is 69.1 Å². The maximum atomic E-state index is 6.18. The van der Waals surface area contributed by atoms with Gasteiger partial charge < -0.3 is 24.4 Å². The van der Waals surface area contributed by atoms with Gasteiger partial charge in [0.2, 0.25) is 11.8 Å². The summed E-state index contributed by atoms with van der Waals surface area (Å²) < 4.78 is 17.9. The summed E-state index contributed by atoms with van der Waals surface area (Å²) in [5, 5.41) is 3.33. The predicted octanol–water partition coefficient (Wildman–Crippen LogP) is 5.25. The smallest absolute Gasteiger partial charge is 0.227 e. The SMILES string of the molecule is C1=C\COCc2cc(ccc2OCCCN2CCCC2)Nc2nccc(n2)-c2ccnc(c2)OCC/1.[HH]. The first kappa shape index (κ1) is 24.2. The lowest BCUT2D eigenvalue weighted by Crippen LogP contribution is -2.22. The predicted molar refractivity (Wildman–Crippen MR) is 142 cm³/mol. The second-order valence-corrected chi connectivity index (χ2v) is 8.97. The van der Waals surface area contributed by atoms with E-state index < -0.39 is 0 Å². The van der Waals surface area contributed by atoms with Gasteiger partial charge in [-0.25, -0.2) is 15.0 Å². The van der Waals surface area contributed by atoms with Crippen molar-refractivity contribution in [1.29, 1.82) is 0 Å². The highest BCUT2D eigenvalue weighted by Crippen LogP contribution is 2.27. The summed E-state index contributed by atoms with van der Waals surface area (Å²) in [7, 11) is 0. The van der Waals surface area contributed by atoms with E-state index in [1.807, 2.05) is 36.4 Å². The fourth-order valence-electron chi connectivity index (χ4n) is 4.40. The van der Waals surface area contributed by atoms with E-state index in [1.54, 1.807) is 12.4 Å². The third-order valence-electron chi connectivity index (χ3n) is 6.25. The zero-order chi connectivity index (χ0) is 24.4. The molecule has 3 aromatic rings. The van der Waals surface area contributed by atoms with Crippen molar-refractivity contribution >= 4 is 11.6 Å². The van der Waals surface area contributed by atoms with Crippen LogP contribution in [-0.2, 0) is 11.3 Å². The molecule has 0 radical (unpaired) electrons. The molecule has 1 fully saturated rings. The summed E-state index contributed by atoms with van der Waals surface area (Å²) >= 11 is 0. The number of pyridine rings is 1. The van der Waals surface area contributed by atoms with Gasteiger partial charge in [-0.1, -0.05) is 12.2 Å². The molecular weight excluding hydrogens is 454 g/mol. The topological polar surface area (TPSA) is 81.6 Å². The van der Waals surface area contributed by atoms with Gasteiger partial charge in [0, 0.05) is 43.2 Å². The van der Waals surface area contributed by atoms with Crippen LogP contribution in [-0.4, -0.2) is 59.3 Å². The normalized spacial score (nSPS) is 17.3. The van der Waals surface area contributed by atoms with Gasteiger partial charge >= 0.3 is 0 Å². The number of nitrogens with zero attached hydrogens (tertiary/aromatic N) is 4. The van der Waals surface area contributed by atoms with Crippen LogP contribution in [0.15, 0.2) is 60.9 Å². The molecule has 36 heavy (non-hydrogen) atoms. The third kappa shape index (κ3) is 6.80. The van der Waals surface area contributed by atoms with Crippen LogP contribution < -0.4 is 14.8 Å². The molecule has 2 aliphatic rings. The highest BCUT2D eigenvalue weighted by molar-refractivity contribution is 5.63. The van der Waals surface area contributed by atoms with E-state index in [2.05, 4.69) is 32.3 Å². The van der Waals surface area contributed by atoms with Crippen molar-refractivity contribution in [2.75, 3.05) is 44.8 Å². The van der Waals surface area contributed by atoms with Gasteiger partial charge in [0.1, 0.15) is 5.75 Å². The number of benzene rings is 1. The lowest BCUT2D eigenvalue weighted by molar-refractivity contribution is 0.144. The monoisotopic (exact) mass is 489 g/mol. The minimum absolute atomic E-state index is 0. The zero-order valence-corrected chi connectivity index (χ0v) is 20.6. The van der Waals surface area contributed by atoms with Crippen LogP contribution >= 0.6 is 0 Å². The summed E-state index contributed by atoms with van der Waals surface area (Å²) in [6.45, 7) is 5.72. The lowest BCUT2D eigenvalue weighted by atomic mass is 10.2. The molecule has 2 aliphatic heterocycles. The van der Waals surface area contributed by atoms with Gasteiger partial charge in [-0.2, -0.15) is 0 Å². The average molecular weight is 490 g/mol. The van der Waals surface area contributed by atoms with E-state index in [-0.39, 0.29) is 1.43 Å². The molecule has 8 nitrogen and oxygen atoms in total. The number of rotatable bonds is 5. The maximum Gasteiger partial charge on any atom is 0.227 e. The van der Waals surface area contributed by atoms with E-state index in [0.717, 1.165) is 47.6 Å². The Hall–Kier alpha value is -3.49.